The van der Waals surface area contributed by atoms with E-state index in [9.17, 15) is 9.18 Å². The molecule has 1 atom stereocenters. The molecule has 94 valence electrons. The van der Waals surface area contributed by atoms with E-state index in [0.29, 0.717) is 13.0 Å². The molecule has 0 aliphatic carbocycles. The number of amides is 1. The number of nitrogens with two attached hydrogens (primary N) is 1. The van der Waals surface area contributed by atoms with Crippen LogP contribution in [0.2, 0.25) is 0 Å². The van der Waals surface area contributed by atoms with Crippen LogP contribution >= 0.6 is 0 Å². The maximum atomic E-state index is 12.7. The van der Waals surface area contributed by atoms with Gasteiger partial charge in [0.15, 0.2) is 0 Å². The smallest absolute Gasteiger partial charge is 0.226 e. The predicted octanol–water partition coefficient (Wildman–Crippen LogP) is 1.56. The lowest BCUT2D eigenvalue weighted by molar-refractivity contribution is -0.131. The van der Waals surface area contributed by atoms with Crippen LogP contribution in [-0.2, 0) is 11.2 Å². The van der Waals surface area contributed by atoms with Crippen molar-refractivity contribution in [3.8, 4) is 0 Å². The molecule has 0 spiro atoms. The third-order valence-corrected chi connectivity index (χ3v) is 2.91. The zero-order valence-corrected chi connectivity index (χ0v) is 10.3. The number of nitrogens with zero attached hydrogens (tertiary/aromatic N) is 1. The molecule has 3 nitrogen and oxygen atoms in total. The third-order valence-electron chi connectivity index (χ3n) is 2.91. The quantitative estimate of drug-likeness (QED) is 0.846. The lowest BCUT2D eigenvalue weighted by atomic mass is 10.1. The van der Waals surface area contributed by atoms with Crippen LogP contribution in [0.3, 0.4) is 0 Å². The minimum Gasteiger partial charge on any atom is -0.343 e. The Morgan fingerprint density at radius 2 is 2.00 bits per heavy atom. The Balaban J connectivity index is 2.56. The van der Waals surface area contributed by atoms with E-state index in [1.54, 1.807) is 24.1 Å². The first-order chi connectivity index (χ1) is 8.04. The van der Waals surface area contributed by atoms with Crippen LogP contribution < -0.4 is 5.73 Å². The molecule has 1 aromatic rings. The van der Waals surface area contributed by atoms with Crippen molar-refractivity contribution in [1.29, 1.82) is 0 Å². The lowest BCUT2D eigenvalue weighted by Gasteiger charge is -2.24. The van der Waals surface area contributed by atoms with Gasteiger partial charge in [-0.15, -0.1) is 0 Å². The summed E-state index contributed by atoms with van der Waals surface area (Å²) in [5, 5.41) is 0. The van der Waals surface area contributed by atoms with Gasteiger partial charge in [-0.1, -0.05) is 12.1 Å². The number of halogens is 1. The van der Waals surface area contributed by atoms with Crippen LogP contribution in [0.4, 0.5) is 4.39 Å². The van der Waals surface area contributed by atoms with Crippen molar-refractivity contribution in [2.45, 2.75) is 25.8 Å². The molecule has 0 saturated heterocycles. The second-order valence-corrected chi connectivity index (χ2v) is 4.23. The molecular formula is C13H19FN2O. The summed E-state index contributed by atoms with van der Waals surface area (Å²) in [6, 6.07) is 6.13. The molecule has 0 bridgehead atoms. The highest BCUT2D eigenvalue weighted by Gasteiger charge is 2.15. The summed E-state index contributed by atoms with van der Waals surface area (Å²) in [5.74, 6) is -0.261. The van der Waals surface area contributed by atoms with E-state index in [1.165, 1.54) is 12.1 Å². The fourth-order valence-electron chi connectivity index (χ4n) is 1.58. The Morgan fingerprint density at radius 3 is 2.53 bits per heavy atom. The topological polar surface area (TPSA) is 46.3 Å². The minimum atomic E-state index is -0.286. The number of likely N-dealkylation sites (N-methyl/N-ethyl adjacent to an activating group) is 1. The zero-order chi connectivity index (χ0) is 12.8. The maximum absolute atomic E-state index is 12.7. The second kappa shape index (κ2) is 6.35. The predicted molar refractivity (Wildman–Crippen MR) is 66.0 cm³/mol. The van der Waals surface area contributed by atoms with Gasteiger partial charge in [-0.3, -0.25) is 4.79 Å². The summed E-state index contributed by atoms with van der Waals surface area (Å²) in [6.07, 6.45) is 1.08. The van der Waals surface area contributed by atoms with Gasteiger partial charge in [0.1, 0.15) is 5.82 Å². The van der Waals surface area contributed by atoms with E-state index in [4.69, 9.17) is 5.73 Å². The van der Waals surface area contributed by atoms with Crippen molar-refractivity contribution in [3.05, 3.63) is 35.6 Å². The van der Waals surface area contributed by atoms with Gasteiger partial charge >= 0.3 is 0 Å². The number of carbonyl (C=O) groups excluding carboxylic acids is 1. The van der Waals surface area contributed by atoms with Gasteiger partial charge in [0, 0.05) is 13.1 Å². The van der Waals surface area contributed by atoms with Gasteiger partial charge in [-0.25, -0.2) is 4.39 Å². The lowest BCUT2D eigenvalue weighted by Crippen LogP contribution is -2.37. The molecule has 17 heavy (non-hydrogen) atoms. The summed E-state index contributed by atoms with van der Waals surface area (Å²) >= 11 is 0. The van der Waals surface area contributed by atoms with E-state index in [2.05, 4.69) is 0 Å². The third kappa shape index (κ3) is 4.15. The average Bonchev–Trinajstić information content (AvgIpc) is 2.31. The van der Waals surface area contributed by atoms with Crippen LogP contribution in [0.15, 0.2) is 24.3 Å². The summed E-state index contributed by atoms with van der Waals surface area (Å²) < 4.78 is 12.7. The molecule has 0 aromatic heterocycles. The summed E-state index contributed by atoms with van der Waals surface area (Å²) in [6.45, 7) is 2.53. The second-order valence-electron chi connectivity index (χ2n) is 4.23. The molecule has 1 amide bonds. The van der Waals surface area contributed by atoms with Gasteiger partial charge < -0.3 is 10.6 Å². The Morgan fingerprint density at radius 1 is 1.41 bits per heavy atom. The minimum absolute atomic E-state index is 0.0255. The Labute approximate surface area is 101 Å². The molecule has 0 radical (unpaired) electrons. The van der Waals surface area contributed by atoms with E-state index < -0.39 is 0 Å². The summed E-state index contributed by atoms with van der Waals surface area (Å²) in [4.78, 5) is 13.6. The monoisotopic (exact) mass is 238 g/mol. The molecule has 4 heteroatoms. The first-order valence-corrected chi connectivity index (χ1v) is 5.74. The van der Waals surface area contributed by atoms with Gasteiger partial charge in [0.05, 0.1) is 6.42 Å². The Bertz CT molecular complexity index is 364. The average molecular weight is 238 g/mol. The van der Waals surface area contributed by atoms with Crippen LogP contribution in [0, 0.1) is 5.82 Å². The Hall–Kier alpha value is -1.42. The van der Waals surface area contributed by atoms with Crippen molar-refractivity contribution in [3.63, 3.8) is 0 Å². The molecule has 0 aliphatic rings. The molecule has 1 rings (SSSR count). The van der Waals surface area contributed by atoms with Gasteiger partial charge in [-0.2, -0.15) is 0 Å². The molecule has 0 aliphatic heterocycles. The summed E-state index contributed by atoms with van der Waals surface area (Å²) in [7, 11) is 1.77. The van der Waals surface area contributed by atoms with Crippen molar-refractivity contribution in [1.82, 2.24) is 4.90 Å². The Kier molecular flexibility index (Phi) is 5.10. The maximum Gasteiger partial charge on any atom is 0.226 e. The van der Waals surface area contributed by atoms with E-state index in [1.807, 2.05) is 6.92 Å². The highest BCUT2D eigenvalue weighted by Crippen LogP contribution is 2.07. The normalized spacial score (nSPS) is 12.2. The first-order valence-electron chi connectivity index (χ1n) is 5.74. The molecule has 0 saturated carbocycles. The van der Waals surface area contributed by atoms with Crippen molar-refractivity contribution < 1.29 is 9.18 Å². The molecule has 1 aromatic carbocycles. The first kappa shape index (κ1) is 13.6. The zero-order valence-electron chi connectivity index (χ0n) is 10.3. The largest absolute Gasteiger partial charge is 0.343 e. The van der Waals surface area contributed by atoms with Crippen LogP contribution in [0.5, 0.6) is 0 Å². The molecule has 0 fully saturated rings. The number of rotatable bonds is 5. The van der Waals surface area contributed by atoms with Crippen LogP contribution in [-0.4, -0.2) is 30.4 Å². The van der Waals surface area contributed by atoms with E-state index >= 15 is 0 Å². The van der Waals surface area contributed by atoms with Gasteiger partial charge in [0.2, 0.25) is 5.91 Å². The molecular weight excluding hydrogens is 219 g/mol. The van der Waals surface area contributed by atoms with Crippen LogP contribution in [0.1, 0.15) is 18.9 Å². The number of carbonyl (C=O) groups is 1. The highest BCUT2D eigenvalue weighted by atomic mass is 19.1. The van der Waals surface area contributed by atoms with Gasteiger partial charge in [0.25, 0.3) is 0 Å². The van der Waals surface area contributed by atoms with Crippen LogP contribution in [0.25, 0.3) is 0 Å². The molecule has 1 unspecified atom stereocenters. The SMILES string of the molecule is CC(CCN)N(C)C(=O)Cc1ccc(F)cc1. The molecule has 2 N–H and O–H groups in total. The summed E-state index contributed by atoms with van der Waals surface area (Å²) in [5.41, 5.74) is 6.28. The van der Waals surface area contributed by atoms with Crippen molar-refractivity contribution in [2.75, 3.05) is 13.6 Å². The fraction of sp³-hybridized carbons (Fsp3) is 0.462. The fourth-order valence-corrected chi connectivity index (χ4v) is 1.58. The van der Waals surface area contributed by atoms with E-state index in [0.717, 1.165) is 12.0 Å². The highest BCUT2D eigenvalue weighted by molar-refractivity contribution is 5.78. The number of benzene rings is 1. The van der Waals surface area contributed by atoms with E-state index in [-0.39, 0.29) is 17.8 Å². The molecule has 0 heterocycles. The van der Waals surface area contributed by atoms with Crippen molar-refractivity contribution >= 4 is 5.91 Å². The number of hydrogen-bond donors (Lipinski definition) is 1. The van der Waals surface area contributed by atoms with Crippen molar-refractivity contribution in [2.24, 2.45) is 5.73 Å². The standard InChI is InChI=1S/C13H19FN2O/c1-10(7-8-15)16(2)13(17)9-11-3-5-12(14)6-4-11/h3-6,10H,7-9,15H2,1-2H3. The number of hydrogen-bond acceptors (Lipinski definition) is 2. The van der Waals surface area contributed by atoms with Gasteiger partial charge in [-0.05, 0) is 37.6 Å².